The molecule has 5 heteroatoms. The van der Waals surface area contributed by atoms with Crippen molar-refractivity contribution in [1.29, 1.82) is 0 Å². The lowest BCUT2D eigenvalue weighted by molar-refractivity contribution is 0.318. The molecule has 110 valence electrons. The molecule has 0 spiro atoms. The Morgan fingerprint density at radius 1 is 1.24 bits per heavy atom. The van der Waals surface area contributed by atoms with E-state index < -0.39 is 5.82 Å². The van der Waals surface area contributed by atoms with Gasteiger partial charge in [-0.2, -0.15) is 0 Å². The van der Waals surface area contributed by atoms with Gasteiger partial charge in [0.2, 0.25) is 0 Å². The van der Waals surface area contributed by atoms with Gasteiger partial charge in [-0.1, -0.05) is 28.9 Å². The number of nitrogens with one attached hydrogen (secondary N) is 1. The number of amidine groups is 1. The molecule has 0 saturated heterocycles. The molecule has 0 fully saturated rings. The molecule has 0 aliphatic carbocycles. The Morgan fingerprint density at radius 3 is 2.67 bits per heavy atom. The van der Waals surface area contributed by atoms with Crippen LogP contribution in [0.5, 0.6) is 0 Å². The zero-order valence-electron chi connectivity index (χ0n) is 12.0. The average molecular weight is 287 g/mol. The molecule has 2 aromatic carbocycles. The molecule has 0 saturated carbocycles. The predicted molar refractivity (Wildman–Crippen MR) is 82.2 cm³/mol. The van der Waals surface area contributed by atoms with Crippen LogP contribution in [-0.4, -0.2) is 11.0 Å². The Bertz CT molecular complexity index is 683. The second kappa shape index (κ2) is 6.26. The topological polar surface area (TPSA) is 70.6 Å². The first-order chi connectivity index (χ1) is 10.0. The van der Waals surface area contributed by atoms with Crippen LogP contribution in [0.25, 0.3) is 0 Å². The summed E-state index contributed by atoms with van der Waals surface area (Å²) in [5, 5.41) is 15.0. The fraction of sp³-hybridized carbons (Fsp3) is 0.188. The van der Waals surface area contributed by atoms with Crippen molar-refractivity contribution in [3.05, 3.63) is 64.5 Å². The lowest BCUT2D eigenvalue weighted by Gasteiger charge is -2.13. The van der Waals surface area contributed by atoms with Gasteiger partial charge in [0.1, 0.15) is 5.82 Å². The number of oxime groups is 1. The number of nitrogens with two attached hydrogens (primary N) is 1. The van der Waals surface area contributed by atoms with Crippen molar-refractivity contribution in [3.8, 4) is 0 Å². The van der Waals surface area contributed by atoms with Gasteiger partial charge >= 0.3 is 0 Å². The van der Waals surface area contributed by atoms with E-state index in [1.165, 1.54) is 17.7 Å². The summed E-state index contributed by atoms with van der Waals surface area (Å²) in [6, 6.07) is 10.3. The van der Waals surface area contributed by atoms with E-state index >= 15 is 0 Å². The largest absolute Gasteiger partial charge is 0.409 e. The van der Waals surface area contributed by atoms with E-state index in [2.05, 4.69) is 16.5 Å². The first-order valence-electron chi connectivity index (χ1n) is 6.58. The van der Waals surface area contributed by atoms with Gasteiger partial charge in [-0.15, -0.1) is 0 Å². The summed E-state index contributed by atoms with van der Waals surface area (Å²) < 4.78 is 13.3. The Hall–Kier alpha value is -2.56. The fourth-order valence-corrected chi connectivity index (χ4v) is 2.20. The number of halogens is 1. The average Bonchev–Trinajstić information content (AvgIpc) is 2.46. The summed E-state index contributed by atoms with van der Waals surface area (Å²) >= 11 is 0. The van der Waals surface area contributed by atoms with Crippen LogP contribution in [0, 0.1) is 19.7 Å². The third-order valence-electron chi connectivity index (χ3n) is 3.31. The SMILES string of the molecule is Cc1ccc(NCc2ccc(F)cc2C(N)=NO)c(C)c1. The first kappa shape index (κ1) is 14.8. The summed E-state index contributed by atoms with van der Waals surface area (Å²) in [5.74, 6) is -0.529. The minimum Gasteiger partial charge on any atom is -0.409 e. The third-order valence-corrected chi connectivity index (χ3v) is 3.31. The molecule has 0 radical (unpaired) electrons. The Kier molecular flexibility index (Phi) is 4.42. The predicted octanol–water partition coefficient (Wildman–Crippen LogP) is 3.15. The van der Waals surface area contributed by atoms with Crippen molar-refractivity contribution >= 4 is 11.5 Å². The molecule has 0 bridgehead atoms. The number of nitrogens with zero attached hydrogens (tertiary/aromatic N) is 1. The quantitative estimate of drug-likeness (QED) is 0.350. The standard InChI is InChI=1S/C16H18FN3O/c1-10-3-6-15(11(2)7-10)19-9-12-4-5-13(17)8-14(12)16(18)20-21/h3-8,19,21H,9H2,1-2H3,(H2,18,20). The number of hydrogen-bond acceptors (Lipinski definition) is 3. The van der Waals surface area contributed by atoms with Crippen molar-refractivity contribution in [2.75, 3.05) is 5.32 Å². The van der Waals surface area contributed by atoms with E-state index in [9.17, 15) is 4.39 Å². The van der Waals surface area contributed by atoms with Crippen LogP contribution in [-0.2, 0) is 6.54 Å². The van der Waals surface area contributed by atoms with Crippen molar-refractivity contribution in [2.24, 2.45) is 10.9 Å². The monoisotopic (exact) mass is 287 g/mol. The number of aryl methyl sites for hydroxylation is 2. The number of benzene rings is 2. The van der Waals surface area contributed by atoms with E-state index in [-0.39, 0.29) is 5.84 Å². The highest BCUT2D eigenvalue weighted by atomic mass is 19.1. The molecule has 2 aromatic rings. The van der Waals surface area contributed by atoms with Crippen molar-refractivity contribution in [3.63, 3.8) is 0 Å². The minimum atomic E-state index is -0.424. The van der Waals surface area contributed by atoms with Crippen LogP contribution in [0.15, 0.2) is 41.6 Å². The van der Waals surface area contributed by atoms with Gasteiger partial charge in [-0.05, 0) is 43.2 Å². The smallest absolute Gasteiger partial charge is 0.170 e. The Labute approximate surface area is 123 Å². The maximum atomic E-state index is 13.3. The Balaban J connectivity index is 2.24. The van der Waals surface area contributed by atoms with E-state index in [0.29, 0.717) is 12.1 Å². The van der Waals surface area contributed by atoms with E-state index in [0.717, 1.165) is 16.8 Å². The highest BCUT2D eigenvalue weighted by Gasteiger charge is 2.09. The van der Waals surface area contributed by atoms with Gasteiger partial charge in [0.15, 0.2) is 5.84 Å². The highest BCUT2D eigenvalue weighted by molar-refractivity contribution is 5.98. The van der Waals surface area contributed by atoms with E-state index in [1.807, 2.05) is 26.0 Å². The molecule has 4 N–H and O–H groups in total. The first-order valence-corrected chi connectivity index (χ1v) is 6.58. The molecule has 0 amide bonds. The van der Waals surface area contributed by atoms with Gasteiger partial charge in [0.05, 0.1) is 0 Å². The molecular weight excluding hydrogens is 269 g/mol. The summed E-state index contributed by atoms with van der Waals surface area (Å²) in [7, 11) is 0. The van der Waals surface area contributed by atoms with Gasteiger partial charge < -0.3 is 16.3 Å². The highest BCUT2D eigenvalue weighted by Crippen LogP contribution is 2.18. The third kappa shape index (κ3) is 3.51. The van der Waals surface area contributed by atoms with Crippen LogP contribution < -0.4 is 11.1 Å². The maximum absolute atomic E-state index is 13.3. The fourth-order valence-electron chi connectivity index (χ4n) is 2.20. The second-order valence-corrected chi connectivity index (χ2v) is 4.96. The van der Waals surface area contributed by atoms with E-state index in [1.54, 1.807) is 6.07 Å². The Morgan fingerprint density at radius 2 is 2.00 bits per heavy atom. The molecule has 0 aliphatic rings. The van der Waals surface area contributed by atoms with Gasteiger partial charge in [0.25, 0.3) is 0 Å². The van der Waals surface area contributed by atoms with Crippen LogP contribution in [0.1, 0.15) is 22.3 Å². The lowest BCUT2D eigenvalue weighted by Crippen LogP contribution is -2.17. The number of rotatable bonds is 4. The van der Waals surface area contributed by atoms with Crippen LogP contribution >= 0.6 is 0 Å². The molecule has 0 unspecified atom stereocenters. The van der Waals surface area contributed by atoms with Gasteiger partial charge in [0, 0.05) is 17.8 Å². The van der Waals surface area contributed by atoms with Crippen molar-refractivity contribution < 1.29 is 9.60 Å². The summed E-state index contributed by atoms with van der Waals surface area (Å²) in [4.78, 5) is 0. The molecule has 0 atom stereocenters. The zero-order valence-corrected chi connectivity index (χ0v) is 12.0. The van der Waals surface area contributed by atoms with Crippen molar-refractivity contribution in [1.82, 2.24) is 0 Å². The normalized spacial score (nSPS) is 11.5. The van der Waals surface area contributed by atoms with Crippen LogP contribution in [0.3, 0.4) is 0 Å². The molecule has 2 rings (SSSR count). The minimum absolute atomic E-state index is 0.105. The van der Waals surface area contributed by atoms with Gasteiger partial charge in [-0.3, -0.25) is 0 Å². The molecule has 0 aliphatic heterocycles. The summed E-state index contributed by atoms with van der Waals surface area (Å²) in [6.45, 7) is 4.51. The number of anilines is 1. The molecule has 21 heavy (non-hydrogen) atoms. The molecule has 4 nitrogen and oxygen atoms in total. The second-order valence-electron chi connectivity index (χ2n) is 4.96. The van der Waals surface area contributed by atoms with Crippen molar-refractivity contribution in [2.45, 2.75) is 20.4 Å². The molecule has 0 aromatic heterocycles. The molecule has 0 heterocycles. The summed E-state index contributed by atoms with van der Waals surface area (Å²) in [6.07, 6.45) is 0. The lowest BCUT2D eigenvalue weighted by atomic mass is 10.1. The maximum Gasteiger partial charge on any atom is 0.170 e. The van der Waals surface area contributed by atoms with Gasteiger partial charge in [-0.25, -0.2) is 4.39 Å². The van der Waals surface area contributed by atoms with Crippen LogP contribution in [0.2, 0.25) is 0 Å². The number of hydrogen-bond donors (Lipinski definition) is 3. The summed E-state index contributed by atoms with van der Waals surface area (Å²) in [5.41, 5.74) is 10.0. The van der Waals surface area contributed by atoms with E-state index in [4.69, 9.17) is 10.9 Å². The zero-order chi connectivity index (χ0) is 15.4. The van der Waals surface area contributed by atoms with Crippen LogP contribution in [0.4, 0.5) is 10.1 Å². The molecular formula is C16H18FN3O.